The number of thiophene rings is 1. The van der Waals surface area contributed by atoms with Crippen LogP contribution in [0.15, 0.2) is 53.9 Å². The fourth-order valence-corrected chi connectivity index (χ4v) is 2.91. The monoisotopic (exact) mass is 393 g/mol. The summed E-state index contributed by atoms with van der Waals surface area (Å²) in [5.74, 6) is -0.759. The summed E-state index contributed by atoms with van der Waals surface area (Å²) < 4.78 is 45.4. The Morgan fingerprint density at radius 3 is 2.70 bits per heavy atom. The number of carbonyl (C=O) groups is 1. The van der Waals surface area contributed by atoms with Gasteiger partial charge in [-0.05, 0) is 42.1 Å². The molecule has 0 amide bonds. The Bertz CT molecular complexity index is 978. The Balaban J connectivity index is 2.06. The standard InChI is InChI=1S/C18H14F3N3O2S/c1-11(2)10-26-17(25)15-22-16(14-7-4-8-27-14)24(23-15)13-6-3-5-12(9-13)18(19,20)21/h3-9H,1,10H2,2H3. The molecule has 0 saturated carbocycles. The van der Waals surface area contributed by atoms with Crippen LogP contribution in [0.4, 0.5) is 13.2 Å². The molecule has 5 nitrogen and oxygen atoms in total. The minimum Gasteiger partial charge on any atom is -0.455 e. The van der Waals surface area contributed by atoms with Crippen molar-refractivity contribution in [2.24, 2.45) is 0 Å². The predicted molar refractivity (Wildman–Crippen MR) is 94.8 cm³/mol. The molecule has 0 aliphatic carbocycles. The number of esters is 1. The second-order valence-electron chi connectivity index (χ2n) is 5.73. The Kier molecular flexibility index (Phi) is 5.13. The SMILES string of the molecule is C=C(C)COC(=O)c1nc(-c2cccs2)n(-c2cccc(C(F)(F)F)c2)n1. The van der Waals surface area contributed by atoms with E-state index in [9.17, 15) is 18.0 Å². The number of hydrogen-bond acceptors (Lipinski definition) is 5. The first kappa shape index (κ1) is 18.8. The van der Waals surface area contributed by atoms with E-state index in [4.69, 9.17) is 4.74 Å². The smallest absolute Gasteiger partial charge is 0.416 e. The first-order valence-electron chi connectivity index (χ1n) is 7.76. The molecule has 0 spiro atoms. The topological polar surface area (TPSA) is 57.0 Å². The maximum atomic E-state index is 13.0. The highest BCUT2D eigenvalue weighted by Crippen LogP contribution is 2.32. The zero-order chi connectivity index (χ0) is 19.6. The fourth-order valence-electron chi connectivity index (χ4n) is 2.21. The molecule has 0 radical (unpaired) electrons. The zero-order valence-electron chi connectivity index (χ0n) is 14.2. The molecule has 0 unspecified atom stereocenters. The molecule has 3 aromatic rings. The molecule has 9 heteroatoms. The molecule has 27 heavy (non-hydrogen) atoms. The van der Waals surface area contributed by atoms with Crippen molar-refractivity contribution >= 4 is 17.3 Å². The Labute approximate surface area is 156 Å². The number of aromatic nitrogens is 3. The molecule has 2 heterocycles. The van der Waals surface area contributed by atoms with Crippen molar-refractivity contribution in [3.8, 4) is 16.4 Å². The maximum Gasteiger partial charge on any atom is 0.416 e. The number of rotatable bonds is 5. The van der Waals surface area contributed by atoms with Crippen LogP contribution in [0.3, 0.4) is 0 Å². The van der Waals surface area contributed by atoms with Crippen LogP contribution in [0.1, 0.15) is 23.1 Å². The number of carbonyl (C=O) groups excluding carboxylic acids is 1. The molecule has 0 saturated heterocycles. The van der Waals surface area contributed by atoms with Crippen LogP contribution in [-0.2, 0) is 10.9 Å². The van der Waals surface area contributed by atoms with Gasteiger partial charge in [-0.3, -0.25) is 0 Å². The first-order valence-corrected chi connectivity index (χ1v) is 8.64. The molecule has 0 aliphatic heterocycles. The molecule has 0 atom stereocenters. The van der Waals surface area contributed by atoms with Gasteiger partial charge in [0, 0.05) is 0 Å². The van der Waals surface area contributed by atoms with Crippen LogP contribution in [0, 0.1) is 0 Å². The van der Waals surface area contributed by atoms with E-state index < -0.39 is 17.7 Å². The average molecular weight is 393 g/mol. The van der Waals surface area contributed by atoms with Crippen LogP contribution < -0.4 is 0 Å². The number of alkyl halides is 3. The van der Waals surface area contributed by atoms with Crippen molar-refractivity contribution in [2.75, 3.05) is 6.61 Å². The highest BCUT2D eigenvalue weighted by molar-refractivity contribution is 7.13. The van der Waals surface area contributed by atoms with Crippen molar-refractivity contribution in [2.45, 2.75) is 13.1 Å². The summed E-state index contributed by atoms with van der Waals surface area (Å²) in [5.41, 5.74) is -0.0437. The summed E-state index contributed by atoms with van der Waals surface area (Å²) in [6.45, 7) is 5.34. The van der Waals surface area contributed by atoms with Gasteiger partial charge >= 0.3 is 12.1 Å². The first-order chi connectivity index (χ1) is 12.8. The van der Waals surface area contributed by atoms with Crippen LogP contribution in [0.2, 0.25) is 0 Å². The van der Waals surface area contributed by atoms with E-state index in [0.717, 1.165) is 12.1 Å². The highest BCUT2D eigenvalue weighted by atomic mass is 32.1. The summed E-state index contributed by atoms with van der Waals surface area (Å²) >= 11 is 1.33. The third kappa shape index (κ3) is 4.25. The number of hydrogen-bond donors (Lipinski definition) is 0. The van der Waals surface area contributed by atoms with E-state index in [2.05, 4.69) is 16.7 Å². The van der Waals surface area contributed by atoms with Crippen LogP contribution in [-0.4, -0.2) is 27.3 Å². The van der Waals surface area contributed by atoms with E-state index >= 15 is 0 Å². The summed E-state index contributed by atoms with van der Waals surface area (Å²) in [7, 11) is 0. The molecule has 0 fully saturated rings. The number of halogens is 3. The van der Waals surface area contributed by atoms with Gasteiger partial charge in [0.2, 0.25) is 0 Å². The second kappa shape index (κ2) is 7.36. The van der Waals surface area contributed by atoms with Crippen LogP contribution in [0.5, 0.6) is 0 Å². The van der Waals surface area contributed by atoms with Gasteiger partial charge < -0.3 is 4.74 Å². The molecule has 0 N–H and O–H groups in total. The minimum absolute atomic E-state index is 0.00523. The summed E-state index contributed by atoms with van der Waals surface area (Å²) in [6, 6.07) is 8.16. The number of benzene rings is 1. The second-order valence-corrected chi connectivity index (χ2v) is 6.68. The summed E-state index contributed by atoms with van der Waals surface area (Å²) in [5, 5.41) is 5.87. The van der Waals surface area contributed by atoms with Gasteiger partial charge in [0.25, 0.3) is 5.82 Å². The third-order valence-electron chi connectivity index (χ3n) is 3.40. The van der Waals surface area contributed by atoms with Crippen molar-refractivity contribution in [3.05, 3.63) is 65.3 Å². The highest BCUT2D eigenvalue weighted by Gasteiger charge is 2.31. The Morgan fingerprint density at radius 2 is 2.07 bits per heavy atom. The molecule has 0 bridgehead atoms. The van der Waals surface area contributed by atoms with Crippen LogP contribution >= 0.6 is 11.3 Å². The Hall–Kier alpha value is -2.94. The summed E-state index contributed by atoms with van der Waals surface area (Å²) in [4.78, 5) is 17.0. The largest absolute Gasteiger partial charge is 0.455 e. The fraction of sp³-hybridized carbons (Fsp3) is 0.167. The minimum atomic E-state index is -4.50. The van der Waals surface area contributed by atoms with Crippen molar-refractivity contribution in [1.29, 1.82) is 0 Å². The normalized spacial score (nSPS) is 11.4. The quantitative estimate of drug-likeness (QED) is 0.464. The lowest BCUT2D eigenvalue weighted by molar-refractivity contribution is -0.137. The predicted octanol–water partition coefficient (Wildman–Crippen LogP) is 4.75. The van der Waals surface area contributed by atoms with Gasteiger partial charge in [-0.1, -0.05) is 18.7 Å². The van der Waals surface area contributed by atoms with Gasteiger partial charge in [-0.15, -0.1) is 16.4 Å². The lowest BCUT2D eigenvalue weighted by Gasteiger charge is -2.09. The van der Waals surface area contributed by atoms with Gasteiger partial charge in [-0.25, -0.2) is 9.48 Å². The summed E-state index contributed by atoms with van der Waals surface area (Å²) in [6.07, 6.45) is -4.50. The lowest BCUT2D eigenvalue weighted by Crippen LogP contribution is -2.10. The van der Waals surface area contributed by atoms with Crippen molar-refractivity contribution in [3.63, 3.8) is 0 Å². The van der Waals surface area contributed by atoms with E-state index in [0.29, 0.717) is 10.5 Å². The van der Waals surface area contributed by atoms with Crippen molar-refractivity contribution in [1.82, 2.24) is 14.8 Å². The zero-order valence-corrected chi connectivity index (χ0v) is 15.0. The molecule has 2 aromatic heterocycles. The molecule has 1 aromatic carbocycles. The van der Waals surface area contributed by atoms with Gasteiger partial charge in [0.1, 0.15) is 6.61 Å². The van der Waals surface area contributed by atoms with E-state index in [1.54, 1.807) is 24.4 Å². The van der Waals surface area contributed by atoms with E-state index in [-0.39, 0.29) is 23.9 Å². The van der Waals surface area contributed by atoms with Gasteiger partial charge in [0.05, 0.1) is 16.1 Å². The molecular weight excluding hydrogens is 379 g/mol. The van der Waals surface area contributed by atoms with E-state index in [1.807, 2.05) is 0 Å². The van der Waals surface area contributed by atoms with E-state index in [1.165, 1.54) is 28.2 Å². The van der Waals surface area contributed by atoms with Gasteiger partial charge in [-0.2, -0.15) is 18.2 Å². The van der Waals surface area contributed by atoms with Gasteiger partial charge in [0.15, 0.2) is 5.82 Å². The maximum absolute atomic E-state index is 13.0. The molecular formula is C18H14F3N3O2S. The van der Waals surface area contributed by atoms with Crippen LogP contribution in [0.25, 0.3) is 16.4 Å². The Morgan fingerprint density at radius 1 is 1.30 bits per heavy atom. The number of ether oxygens (including phenoxy) is 1. The number of nitrogens with zero attached hydrogens (tertiary/aromatic N) is 3. The van der Waals surface area contributed by atoms with Crippen molar-refractivity contribution < 1.29 is 22.7 Å². The molecule has 0 aliphatic rings. The lowest BCUT2D eigenvalue weighted by atomic mass is 10.2. The average Bonchev–Trinajstić information content (AvgIpc) is 3.28. The third-order valence-corrected chi connectivity index (χ3v) is 4.26. The molecule has 140 valence electrons. The molecule has 3 rings (SSSR count).